The van der Waals surface area contributed by atoms with Crippen molar-refractivity contribution in [2.45, 2.75) is 45.8 Å². The number of rotatable bonds is 7. The zero-order valence-electron chi connectivity index (χ0n) is 15.1. The van der Waals surface area contributed by atoms with Gasteiger partial charge in [0.2, 0.25) is 0 Å². The number of hydrogen-bond donors (Lipinski definition) is 1. The summed E-state index contributed by atoms with van der Waals surface area (Å²) in [4.78, 5) is 18.8. The molecule has 1 aromatic heterocycles. The Morgan fingerprint density at radius 3 is 3.04 bits per heavy atom. The molecule has 0 unspecified atom stereocenters. The van der Waals surface area contributed by atoms with Crippen LogP contribution in [-0.2, 0) is 13.1 Å². The molecule has 1 atom stereocenters. The first-order valence-corrected chi connectivity index (χ1v) is 9.05. The Bertz CT molecular complexity index is 683. The number of carbonyl (C=O) groups is 1. The van der Waals surface area contributed by atoms with Crippen LogP contribution in [0, 0.1) is 5.92 Å². The van der Waals surface area contributed by atoms with Crippen molar-refractivity contribution in [3.63, 3.8) is 0 Å². The fourth-order valence-corrected chi connectivity index (χ4v) is 3.30. The standard InChI is InChI=1S/C19H27N5O/c1-15(2)10-21-19(25)17-6-3-5-16(9-17)11-23-8-4-7-18(23)12-24-14-20-13-22-24/h3,5-6,9,13-15,18H,4,7-8,10-12H2,1-2H3,(H,21,25)/t18-/m0/s1. The monoisotopic (exact) mass is 341 g/mol. The van der Waals surface area contributed by atoms with Crippen LogP contribution < -0.4 is 5.32 Å². The van der Waals surface area contributed by atoms with Gasteiger partial charge in [-0.15, -0.1) is 0 Å². The molecule has 6 nitrogen and oxygen atoms in total. The minimum absolute atomic E-state index is 0.0103. The van der Waals surface area contributed by atoms with E-state index in [0.29, 0.717) is 18.5 Å². The number of benzene rings is 1. The molecule has 6 heteroatoms. The van der Waals surface area contributed by atoms with Gasteiger partial charge in [0.15, 0.2) is 0 Å². The van der Waals surface area contributed by atoms with Crippen LogP contribution in [0.25, 0.3) is 0 Å². The van der Waals surface area contributed by atoms with E-state index in [2.05, 4.69) is 40.2 Å². The molecular weight excluding hydrogens is 314 g/mol. The summed E-state index contributed by atoms with van der Waals surface area (Å²) >= 11 is 0. The minimum Gasteiger partial charge on any atom is -0.352 e. The van der Waals surface area contributed by atoms with E-state index in [0.717, 1.165) is 25.2 Å². The molecular formula is C19H27N5O. The van der Waals surface area contributed by atoms with E-state index >= 15 is 0 Å². The summed E-state index contributed by atoms with van der Waals surface area (Å²) < 4.78 is 1.90. The third-order valence-corrected chi connectivity index (χ3v) is 4.61. The minimum atomic E-state index is 0.0103. The molecule has 3 rings (SSSR count). The highest BCUT2D eigenvalue weighted by atomic mass is 16.1. The molecule has 1 saturated heterocycles. The summed E-state index contributed by atoms with van der Waals surface area (Å²) in [7, 11) is 0. The summed E-state index contributed by atoms with van der Waals surface area (Å²) in [6.45, 7) is 7.72. The normalized spacial score (nSPS) is 18.0. The summed E-state index contributed by atoms with van der Waals surface area (Å²) in [6.07, 6.45) is 5.73. The van der Waals surface area contributed by atoms with Gasteiger partial charge in [0.1, 0.15) is 12.7 Å². The molecule has 1 N–H and O–H groups in total. The Morgan fingerprint density at radius 1 is 1.40 bits per heavy atom. The highest BCUT2D eigenvalue weighted by Gasteiger charge is 2.25. The zero-order chi connectivity index (χ0) is 17.6. The first kappa shape index (κ1) is 17.6. The predicted octanol–water partition coefficient (Wildman–Crippen LogP) is 2.33. The number of carbonyl (C=O) groups excluding carboxylic acids is 1. The molecule has 25 heavy (non-hydrogen) atoms. The second-order valence-corrected chi connectivity index (χ2v) is 7.19. The van der Waals surface area contributed by atoms with Gasteiger partial charge in [0.05, 0.1) is 6.54 Å². The van der Waals surface area contributed by atoms with E-state index in [-0.39, 0.29) is 5.91 Å². The first-order chi connectivity index (χ1) is 12.1. The van der Waals surface area contributed by atoms with E-state index < -0.39 is 0 Å². The van der Waals surface area contributed by atoms with Crippen molar-refractivity contribution >= 4 is 5.91 Å². The molecule has 2 heterocycles. The van der Waals surface area contributed by atoms with Crippen molar-refractivity contribution in [3.8, 4) is 0 Å². The second kappa shape index (κ2) is 8.25. The fourth-order valence-electron chi connectivity index (χ4n) is 3.30. The van der Waals surface area contributed by atoms with Crippen molar-refractivity contribution in [2.75, 3.05) is 13.1 Å². The van der Waals surface area contributed by atoms with Crippen molar-refractivity contribution in [1.82, 2.24) is 25.0 Å². The Morgan fingerprint density at radius 2 is 2.28 bits per heavy atom. The average molecular weight is 341 g/mol. The van der Waals surface area contributed by atoms with Crippen LogP contribution in [0.2, 0.25) is 0 Å². The van der Waals surface area contributed by atoms with Gasteiger partial charge in [0.25, 0.3) is 5.91 Å². The fraction of sp³-hybridized carbons (Fsp3) is 0.526. The molecule has 2 aromatic rings. The number of amides is 1. The van der Waals surface area contributed by atoms with Crippen molar-refractivity contribution < 1.29 is 4.79 Å². The molecule has 0 spiro atoms. The van der Waals surface area contributed by atoms with Gasteiger partial charge in [-0.05, 0) is 43.0 Å². The van der Waals surface area contributed by atoms with E-state index in [1.165, 1.54) is 18.4 Å². The van der Waals surface area contributed by atoms with Crippen molar-refractivity contribution in [2.24, 2.45) is 5.92 Å². The highest BCUT2D eigenvalue weighted by Crippen LogP contribution is 2.21. The van der Waals surface area contributed by atoms with E-state index in [1.54, 1.807) is 12.7 Å². The quantitative estimate of drug-likeness (QED) is 0.839. The molecule has 0 aliphatic carbocycles. The molecule has 1 aliphatic heterocycles. The number of likely N-dealkylation sites (tertiary alicyclic amines) is 1. The van der Waals surface area contributed by atoms with Crippen LogP contribution in [-0.4, -0.2) is 44.7 Å². The van der Waals surface area contributed by atoms with Crippen LogP contribution in [0.1, 0.15) is 42.6 Å². The van der Waals surface area contributed by atoms with Gasteiger partial charge >= 0.3 is 0 Å². The highest BCUT2D eigenvalue weighted by molar-refractivity contribution is 5.94. The van der Waals surface area contributed by atoms with Crippen LogP contribution >= 0.6 is 0 Å². The van der Waals surface area contributed by atoms with Gasteiger partial charge in [-0.1, -0.05) is 26.0 Å². The zero-order valence-corrected chi connectivity index (χ0v) is 15.1. The Hall–Kier alpha value is -2.21. The summed E-state index contributed by atoms with van der Waals surface area (Å²) in [6, 6.07) is 8.45. The largest absolute Gasteiger partial charge is 0.352 e. The van der Waals surface area contributed by atoms with Crippen LogP contribution in [0.4, 0.5) is 0 Å². The molecule has 1 aromatic carbocycles. The lowest BCUT2D eigenvalue weighted by Crippen LogP contribution is -2.33. The third kappa shape index (κ3) is 4.89. The maximum atomic E-state index is 12.3. The Balaban J connectivity index is 1.62. The van der Waals surface area contributed by atoms with E-state index in [9.17, 15) is 4.79 Å². The SMILES string of the molecule is CC(C)CNC(=O)c1cccc(CN2CCC[C@H]2Cn2cncn2)c1. The first-order valence-electron chi connectivity index (χ1n) is 9.05. The predicted molar refractivity (Wildman–Crippen MR) is 97.1 cm³/mol. The van der Waals surface area contributed by atoms with Crippen LogP contribution in [0.5, 0.6) is 0 Å². The number of nitrogens with zero attached hydrogens (tertiary/aromatic N) is 4. The number of hydrogen-bond acceptors (Lipinski definition) is 4. The summed E-state index contributed by atoms with van der Waals surface area (Å²) in [5.41, 5.74) is 1.92. The topological polar surface area (TPSA) is 63.1 Å². The van der Waals surface area contributed by atoms with Crippen molar-refractivity contribution in [1.29, 1.82) is 0 Å². The molecule has 0 bridgehead atoms. The van der Waals surface area contributed by atoms with Gasteiger partial charge in [-0.25, -0.2) is 4.98 Å². The molecule has 1 amide bonds. The smallest absolute Gasteiger partial charge is 0.251 e. The van der Waals surface area contributed by atoms with Gasteiger partial charge < -0.3 is 5.32 Å². The van der Waals surface area contributed by atoms with E-state index in [4.69, 9.17) is 0 Å². The van der Waals surface area contributed by atoms with Gasteiger partial charge in [0, 0.05) is 24.7 Å². The van der Waals surface area contributed by atoms with Crippen LogP contribution in [0.15, 0.2) is 36.9 Å². The molecule has 0 saturated carbocycles. The molecule has 0 radical (unpaired) electrons. The molecule has 1 fully saturated rings. The average Bonchev–Trinajstić information content (AvgIpc) is 3.26. The Kier molecular flexibility index (Phi) is 5.81. The lowest BCUT2D eigenvalue weighted by atomic mass is 10.1. The van der Waals surface area contributed by atoms with Gasteiger partial charge in [-0.2, -0.15) is 5.10 Å². The lowest BCUT2D eigenvalue weighted by Gasteiger charge is -2.24. The second-order valence-electron chi connectivity index (χ2n) is 7.19. The summed E-state index contributed by atoms with van der Waals surface area (Å²) in [5, 5.41) is 7.21. The number of aromatic nitrogens is 3. The molecule has 134 valence electrons. The van der Waals surface area contributed by atoms with Gasteiger partial charge in [-0.3, -0.25) is 14.4 Å². The lowest BCUT2D eigenvalue weighted by molar-refractivity contribution is 0.0949. The van der Waals surface area contributed by atoms with E-state index in [1.807, 2.05) is 22.9 Å². The summed E-state index contributed by atoms with van der Waals surface area (Å²) in [5.74, 6) is 0.463. The molecule has 1 aliphatic rings. The maximum Gasteiger partial charge on any atom is 0.251 e. The Labute approximate surface area is 149 Å². The van der Waals surface area contributed by atoms with Crippen LogP contribution in [0.3, 0.4) is 0 Å². The maximum absolute atomic E-state index is 12.3. The number of nitrogens with one attached hydrogen (secondary N) is 1. The van der Waals surface area contributed by atoms with Crippen molar-refractivity contribution in [3.05, 3.63) is 48.0 Å². The third-order valence-electron chi connectivity index (χ3n) is 4.61.